The van der Waals surface area contributed by atoms with Crippen molar-refractivity contribution >= 4 is 12.6 Å². The number of pyridine rings is 2. The number of aldehydes is 2. The van der Waals surface area contributed by atoms with Crippen molar-refractivity contribution in [1.82, 2.24) is 29.5 Å². The zero-order valence-corrected chi connectivity index (χ0v) is 29.9. The van der Waals surface area contributed by atoms with Crippen molar-refractivity contribution < 1.29 is 34.4 Å². The normalized spacial score (nSPS) is 12.5. The maximum absolute atomic E-state index is 11.9. The van der Waals surface area contributed by atoms with E-state index in [1.165, 1.54) is 12.1 Å². The smallest absolute Gasteiger partial charge is 0.157 e. The van der Waals surface area contributed by atoms with E-state index >= 15 is 0 Å². The molecule has 53 heavy (non-hydrogen) atoms. The molecule has 0 aliphatic carbocycles. The van der Waals surface area contributed by atoms with Gasteiger partial charge in [-0.05, 0) is 83.1 Å². The van der Waals surface area contributed by atoms with Gasteiger partial charge in [-0.2, -0.15) is 10.2 Å². The number of aliphatic hydroxyl groups excluding tert-OH is 1. The van der Waals surface area contributed by atoms with Gasteiger partial charge in [0.2, 0.25) is 0 Å². The van der Waals surface area contributed by atoms with E-state index in [2.05, 4.69) is 5.10 Å². The molecule has 0 fully saturated rings. The van der Waals surface area contributed by atoms with E-state index in [0.717, 1.165) is 5.56 Å². The zero-order chi connectivity index (χ0) is 37.8. The van der Waals surface area contributed by atoms with Crippen LogP contribution in [0.1, 0.15) is 90.8 Å². The van der Waals surface area contributed by atoms with Gasteiger partial charge in [0.15, 0.2) is 12.6 Å². The lowest BCUT2D eigenvalue weighted by Gasteiger charge is -2.22. The molecule has 6 rings (SSSR count). The van der Waals surface area contributed by atoms with Gasteiger partial charge in [0.1, 0.15) is 35.2 Å². The fraction of sp³-hybridized carbons (Fsp3) is 0.250. The number of carbonyl (C=O) groups is 2. The molecule has 0 aliphatic heterocycles. The van der Waals surface area contributed by atoms with Gasteiger partial charge in [-0.25, -0.2) is 0 Å². The molecule has 272 valence electrons. The molecule has 13 nitrogen and oxygen atoms in total. The number of rotatable bonds is 14. The summed E-state index contributed by atoms with van der Waals surface area (Å²) in [6.45, 7) is 9.35. The lowest BCUT2D eigenvalue weighted by molar-refractivity contribution is 0.106. The van der Waals surface area contributed by atoms with Gasteiger partial charge in [0, 0.05) is 47.4 Å². The fourth-order valence-electron chi connectivity index (χ4n) is 6.17. The Morgan fingerprint density at radius 3 is 1.98 bits per heavy atom. The van der Waals surface area contributed by atoms with Crippen molar-refractivity contribution in [3.05, 3.63) is 108 Å². The number of ether oxygens (including phenoxy) is 2. The van der Waals surface area contributed by atoms with Crippen molar-refractivity contribution in [2.45, 2.75) is 58.9 Å². The van der Waals surface area contributed by atoms with Crippen molar-refractivity contribution in [3.63, 3.8) is 0 Å². The topological polar surface area (TPSA) is 175 Å². The number of nitrogens with zero attached hydrogens (tertiary/aromatic N) is 6. The summed E-state index contributed by atoms with van der Waals surface area (Å²) in [5.41, 5.74) is 4.93. The molecule has 0 bridgehead atoms. The third-order valence-electron chi connectivity index (χ3n) is 8.77. The first-order valence-electron chi connectivity index (χ1n) is 17.1. The number of hydrogen-bond donors (Lipinski definition) is 3. The Bertz CT molecular complexity index is 2260. The zero-order valence-electron chi connectivity index (χ0n) is 29.9. The molecule has 6 aromatic rings. The highest BCUT2D eigenvalue weighted by molar-refractivity contribution is 5.84. The van der Waals surface area contributed by atoms with E-state index in [4.69, 9.17) is 24.5 Å². The van der Waals surface area contributed by atoms with Crippen LogP contribution in [0.4, 0.5) is 0 Å². The van der Waals surface area contributed by atoms with E-state index in [1.807, 2.05) is 68.2 Å². The highest BCUT2D eigenvalue weighted by Crippen LogP contribution is 2.38. The molecule has 0 saturated carbocycles. The van der Waals surface area contributed by atoms with Crippen molar-refractivity contribution in [1.29, 1.82) is 0 Å². The Balaban J connectivity index is 1.46. The standard InChI is InChI=1S/C40H40N6O7/c1-23(2)45-32(14-16-43-45)40-28(38(22-49)53-37-13-7-11-35(51)30(37)21-48)17-26(19-42-40)31-18-33(46(44-31)24(3)4)39-27(9-8-15-41-39)25(5)52-36-12-6-10-34(50)29(36)20-47/h6-21,23-25,38,49-51H,22H2,1-5H3. The molecule has 13 heteroatoms. The molecule has 2 atom stereocenters. The van der Waals surface area contributed by atoms with Gasteiger partial charge >= 0.3 is 0 Å². The Morgan fingerprint density at radius 2 is 1.36 bits per heavy atom. The van der Waals surface area contributed by atoms with E-state index in [-0.39, 0.29) is 46.2 Å². The molecular weight excluding hydrogens is 676 g/mol. The Morgan fingerprint density at radius 1 is 0.717 bits per heavy atom. The van der Waals surface area contributed by atoms with Crippen LogP contribution in [0.5, 0.6) is 23.0 Å². The highest BCUT2D eigenvalue weighted by atomic mass is 16.5. The van der Waals surface area contributed by atoms with Crippen molar-refractivity contribution in [2.75, 3.05) is 6.61 Å². The fourth-order valence-corrected chi connectivity index (χ4v) is 6.17. The summed E-state index contributed by atoms with van der Waals surface area (Å²) < 4.78 is 16.1. The van der Waals surface area contributed by atoms with Crippen LogP contribution in [-0.2, 0) is 0 Å². The van der Waals surface area contributed by atoms with Crippen LogP contribution in [0, 0.1) is 0 Å². The van der Waals surface area contributed by atoms with Crippen LogP contribution >= 0.6 is 0 Å². The summed E-state index contributed by atoms with van der Waals surface area (Å²) in [7, 11) is 0. The molecule has 0 aliphatic rings. The Kier molecular flexibility index (Phi) is 10.7. The molecule has 0 saturated heterocycles. The third-order valence-corrected chi connectivity index (χ3v) is 8.77. The molecule has 0 radical (unpaired) electrons. The summed E-state index contributed by atoms with van der Waals surface area (Å²) >= 11 is 0. The van der Waals surface area contributed by atoms with Gasteiger partial charge in [0.05, 0.1) is 46.2 Å². The van der Waals surface area contributed by atoms with Crippen molar-refractivity contribution in [3.8, 4) is 57.0 Å². The second kappa shape index (κ2) is 15.5. The summed E-state index contributed by atoms with van der Waals surface area (Å²) in [4.78, 5) is 33.3. The summed E-state index contributed by atoms with van der Waals surface area (Å²) in [5, 5.41) is 40.7. The highest BCUT2D eigenvalue weighted by Gasteiger charge is 2.26. The predicted octanol–water partition coefficient (Wildman–Crippen LogP) is 7.32. The van der Waals surface area contributed by atoms with E-state index < -0.39 is 18.8 Å². The third kappa shape index (κ3) is 7.24. The monoisotopic (exact) mass is 716 g/mol. The van der Waals surface area contributed by atoms with E-state index in [0.29, 0.717) is 52.2 Å². The number of carbonyl (C=O) groups excluding carboxylic acids is 2. The van der Waals surface area contributed by atoms with Crippen molar-refractivity contribution in [2.24, 2.45) is 0 Å². The summed E-state index contributed by atoms with van der Waals surface area (Å²) in [6, 6.07) is 18.3. The first kappa shape index (κ1) is 36.5. The number of aromatic hydroxyl groups is 2. The lowest BCUT2D eigenvalue weighted by atomic mass is 10.0. The van der Waals surface area contributed by atoms with Crippen LogP contribution in [-0.4, -0.2) is 64.0 Å². The average molecular weight is 717 g/mol. The number of phenols is 2. The average Bonchev–Trinajstić information content (AvgIpc) is 3.83. The molecule has 2 aromatic carbocycles. The maximum Gasteiger partial charge on any atom is 0.157 e. The largest absolute Gasteiger partial charge is 0.507 e. The number of hydrogen-bond acceptors (Lipinski definition) is 11. The van der Waals surface area contributed by atoms with Crippen LogP contribution in [0.3, 0.4) is 0 Å². The quantitative estimate of drug-likeness (QED) is 0.0964. The second-order valence-electron chi connectivity index (χ2n) is 13.0. The molecule has 4 aromatic heterocycles. The first-order valence-corrected chi connectivity index (χ1v) is 17.1. The molecule has 4 heterocycles. The second-order valence-corrected chi connectivity index (χ2v) is 13.0. The van der Waals surface area contributed by atoms with Gasteiger partial charge in [-0.3, -0.25) is 28.9 Å². The van der Waals surface area contributed by atoms with E-state index in [9.17, 15) is 24.9 Å². The number of benzene rings is 2. The molecule has 0 amide bonds. The number of aromatic nitrogens is 6. The van der Waals surface area contributed by atoms with Gasteiger partial charge in [0.25, 0.3) is 0 Å². The Hall–Kier alpha value is -6.34. The van der Waals surface area contributed by atoms with Crippen LogP contribution < -0.4 is 9.47 Å². The molecule has 0 spiro atoms. The Labute approximate surface area is 306 Å². The summed E-state index contributed by atoms with van der Waals surface area (Å²) in [6.07, 6.45) is 4.53. The van der Waals surface area contributed by atoms with E-state index in [1.54, 1.807) is 48.9 Å². The van der Waals surface area contributed by atoms with Crippen LogP contribution in [0.2, 0.25) is 0 Å². The van der Waals surface area contributed by atoms with Crippen LogP contribution in [0.15, 0.2) is 85.3 Å². The summed E-state index contributed by atoms with van der Waals surface area (Å²) in [5.74, 6) is -0.0782. The number of phenolic OH excluding ortho intramolecular Hbond substituents is 2. The first-order chi connectivity index (χ1) is 25.6. The van der Waals surface area contributed by atoms with Gasteiger partial charge in [-0.15, -0.1) is 0 Å². The lowest BCUT2D eigenvalue weighted by Crippen LogP contribution is -2.16. The SMILES string of the molecule is CC(Oc1cccc(O)c1C=O)c1cccnc1-c1cc(-c2cnc(-c3ccnn3C(C)C)c(C(CO)Oc3cccc(O)c3C=O)c2)nn1C(C)C. The minimum absolute atomic E-state index is 0.00333. The minimum atomic E-state index is -1.01. The number of aliphatic hydroxyl groups is 1. The maximum atomic E-state index is 11.9. The predicted molar refractivity (Wildman–Crippen MR) is 197 cm³/mol. The minimum Gasteiger partial charge on any atom is -0.507 e. The molecular formula is C40H40N6O7. The molecule has 2 unspecified atom stereocenters. The van der Waals surface area contributed by atoms with Crippen LogP contribution in [0.25, 0.3) is 34.0 Å². The van der Waals surface area contributed by atoms with Gasteiger partial charge < -0.3 is 24.8 Å². The molecule has 3 N–H and O–H groups in total. The van der Waals surface area contributed by atoms with Gasteiger partial charge in [-0.1, -0.05) is 18.2 Å².